The van der Waals surface area contributed by atoms with Crippen LogP contribution in [0, 0.1) is 5.41 Å². The van der Waals surface area contributed by atoms with Crippen LogP contribution in [0.3, 0.4) is 0 Å². The average molecular weight is 157 g/mol. The Bertz CT molecular complexity index is 150. The summed E-state index contributed by atoms with van der Waals surface area (Å²) in [5, 5.41) is 12.1. The molecule has 3 nitrogen and oxygen atoms in total. The summed E-state index contributed by atoms with van der Waals surface area (Å²) in [4.78, 5) is 10.9. The van der Waals surface area contributed by atoms with Crippen LogP contribution in [-0.2, 0) is 4.79 Å². The maximum atomic E-state index is 10.9. The molecule has 0 bridgehead atoms. The first kappa shape index (κ1) is 8.53. The minimum Gasteiger partial charge on any atom is -0.481 e. The molecule has 11 heavy (non-hydrogen) atoms. The van der Waals surface area contributed by atoms with Gasteiger partial charge in [0, 0.05) is 6.54 Å². The maximum absolute atomic E-state index is 10.9. The van der Waals surface area contributed by atoms with E-state index < -0.39 is 11.4 Å². The van der Waals surface area contributed by atoms with Gasteiger partial charge in [0.15, 0.2) is 0 Å². The van der Waals surface area contributed by atoms with E-state index in [1.807, 2.05) is 6.92 Å². The molecule has 0 saturated carbocycles. The van der Waals surface area contributed by atoms with E-state index in [-0.39, 0.29) is 0 Å². The Morgan fingerprint density at radius 2 is 2.45 bits per heavy atom. The molecular formula is C8H15NO2. The van der Waals surface area contributed by atoms with Crippen LogP contribution in [0.15, 0.2) is 0 Å². The van der Waals surface area contributed by atoms with Crippen molar-refractivity contribution < 1.29 is 9.90 Å². The van der Waals surface area contributed by atoms with Gasteiger partial charge in [0.25, 0.3) is 0 Å². The molecule has 0 aromatic carbocycles. The third kappa shape index (κ3) is 1.53. The van der Waals surface area contributed by atoms with E-state index in [2.05, 4.69) is 5.32 Å². The van der Waals surface area contributed by atoms with E-state index in [4.69, 9.17) is 5.11 Å². The molecule has 1 atom stereocenters. The monoisotopic (exact) mass is 157 g/mol. The van der Waals surface area contributed by atoms with Gasteiger partial charge < -0.3 is 10.4 Å². The molecular weight excluding hydrogens is 142 g/mol. The van der Waals surface area contributed by atoms with Gasteiger partial charge in [0.2, 0.25) is 0 Å². The standard InChI is InChI=1S/C8H15NO2/c1-2-3-8(7(10)11)4-5-9-6-8/h9H,2-6H2,1H3,(H,10,11)/t8-/m0/s1. The molecule has 0 radical (unpaired) electrons. The summed E-state index contributed by atoms with van der Waals surface area (Å²) in [5.74, 6) is -0.635. The number of carboxylic acids is 1. The molecule has 1 saturated heterocycles. The number of aliphatic carboxylic acids is 1. The average Bonchev–Trinajstić information content (AvgIpc) is 2.38. The van der Waals surface area contributed by atoms with Gasteiger partial charge in [0.1, 0.15) is 0 Å². The van der Waals surface area contributed by atoms with Gasteiger partial charge >= 0.3 is 5.97 Å². The van der Waals surface area contributed by atoms with Gasteiger partial charge in [-0.2, -0.15) is 0 Å². The van der Waals surface area contributed by atoms with E-state index in [0.717, 1.165) is 25.8 Å². The van der Waals surface area contributed by atoms with E-state index in [9.17, 15) is 4.79 Å². The zero-order valence-corrected chi connectivity index (χ0v) is 6.89. The molecule has 0 aromatic heterocycles. The predicted octanol–water partition coefficient (Wildman–Crippen LogP) is 0.851. The predicted molar refractivity (Wildman–Crippen MR) is 42.5 cm³/mol. The number of hydrogen-bond acceptors (Lipinski definition) is 2. The van der Waals surface area contributed by atoms with Crippen molar-refractivity contribution in [1.29, 1.82) is 0 Å². The summed E-state index contributed by atoms with van der Waals surface area (Å²) in [6.45, 7) is 3.53. The zero-order chi connectivity index (χ0) is 8.32. The van der Waals surface area contributed by atoms with E-state index in [0.29, 0.717) is 6.54 Å². The van der Waals surface area contributed by atoms with Crippen molar-refractivity contribution in [2.24, 2.45) is 5.41 Å². The van der Waals surface area contributed by atoms with E-state index >= 15 is 0 Å². The van der Waals surface area contributed by atoms with Crippen LogP contribution in [0.25, 0.3) is 0 Å². The van der Waals surface area contributed by atoms with Crippen LogP contribution in [0.5, 0.6) is 0 Å². The van der Waals surface area contributed by atoms with Crippen molar-refractivity contribution in [2.75, 3.05) is 13.1 Å². The summed E-state index contributed by atoms with van der Waals surface area (Å²) in [5.41, 5.74) is -0.450. The van der Waals surface area contributed by atoms with Crippen LogP contribution in [0.2, 0.25) is 0 Å². The molecule has 0 aromatic rings. The van der Waals surface area contributed by atoms with Crippen molar-refractivity contribution in [3.8, 4) is 0 Å². The summed E-state index contributed by atoms with van der Waals surface area (Å²) in [6.07, 6.45) is 2.54. The summed E-state index contributed by atoms with van der Waals surface area (Å²) >= 11 is 0. The second-order valence-electron chi connectivity index (χ2n) is 3.26. The molecule has 64 valence electrons. The molecule has 1 fully saturated rings. The molecule has 0 spiro atoms. The fourth-order valence-electron chi connectivity index (χ4n) is 1.73. The van der Waals surface area contributed by atoms with E-state index in [1.165, 1.54) is 0 Å². The van der Waals surface area contributed by atoms with Gasteiger partial charge in [-0.15, -0.1) is 0 Å². The molecule has 0 unspecified atom stereocenters. The highest BCUT2D eigenvalue weighted by molar-refractivity contribution is 5.75. The van der Waals surface area contributed by atoms with Crippen molar-refractivity contribution in [2.45, 2.75) is 26.2 Å². The van der Waals surface area contributed by atoms with Crippen LogP contribution in [0.1, 0.15) is 26.2 Å². The fraction of sp³-hybridized carbons (Fsp3) is 0.875. The third-order valence-electron chi connectivity index (χ3n) is 2.43. The third-order valence-corrected chi connectivity index (χ3v) is 2.43. The van der Waals surface area contributed by atoms with Gasteiger partial charge in [-0.05, 0) is 19.4 Å². The Hall–Kier alpha value is -0.570. The number of nitrogens with one attached hydrogen (secondary N) is 1. The highest BCUT2D eigenvalue weighted by Crippen LogP contribution is 2.30. The second kappa shape index (κ2) is 3.22. The molecule has 2 N–H and O–H groups in total. The smallest absolute Gasteiger partial charge is 0.310 e. The van der Waals surface area contributed by atoms with Crippen molar-refractivity contribution in [3.63, 3.8) is 0 Å². The first-order valence-electron chi connectivity index (χ1n) is 4.15. The number of carboxylic acid groups (broad SMARTS) is 1. The first-order chi connectivity index (χ1) is 5.21. The van der Waals surface area contributed by atoms with Crippen molar-refractivity contribution in [3.05, 3.63) is 0 Å². The zero-order valence-electron chi connectivity index (χ0n) is 6.89. The fourth-order valence-corrected chi connectivity index (χ4v) is 1.73. The molecule has 0 amide bonds. The molecule has 3 heteroatoms. The topological polar surface area (TPSA) is 49.3 Å². The SMILES string of the molecule is CCC[C@]1(C(=O)O)CCNC1. The normalized spacial score (nSPS) is 30.6. The molecule has 1 rings (SSSR count). The van der Waals surface area contributed by atoms with Gasteiger partial charge in [-0.1, -0.05) is 13.3 Å². The first-order valence-corrected chi connectivity index (χ1v) is 4.15. The van der Waals surface area contributed by atoms with Crippen molar-refractivity contribution >= 4 is 5.97 Å². The van der Waals surface area contributed by atoms with Gasteiger partial charge in [-0.3, -0.25) is 4.79 Å². The quantitative estimate of drug-likeness (QED) is 0.638. The Morgan fingerprint density at radius 1 is 1.73 bits per heavy atom. The van der Waals surface area contributed by atoms with Crippen LogP contribution >= 0.6 is 0 Å². The Labute approximate surface area is 66.8 Å². The largest absolute Gasteiger partial charge is 0.481 e. The lowest BCUT2D eigenvalue weighted by Crippen LogP contribution is -2.33. The maximum Gasteiger partial charge on any atom is 0.310 e. The number of carbonyl (C=O) groups is 1. The van der Waals surface area contributed by atoms with Gasteiger partial charge in [-0.25, -0.2) is 0 Å². The lowest BCUT2D eigenvalue weighted by Gasteiger charge is -2.21. The molecule has 1 aliphatic heterocycles. The Balaban J connectivity index is 2.62. The lowest BCUT2D eigenvalue weighted by molar-refractivity contribution is -0.148. The molecule has 1 heterocycles. The van der Waals surface area contributed by atoms with Crippen LogP contribution in [0.4, 0.5) is 0 Å². The molecule has 1 aliphatic rings. The summed E-state index contributed by atoms with van der Waals surface area (Å²) < 4.78 is 0. The summed E-state index contributed by atoms with van der Waals surface area (Å²) in [7, 11) is 0. The second-order valence-corrected chi connectivity index (χ2v) is 3.26. The van der Waals surface area contributed by atoms with Crippen LogP contribution < -0.4 is 5.32 Å². The Morgan fingerprint density at radius 3 is 2.82 bits per heavy atom. The minimum absolute atomic E-state index is 0.450. The number of hydrogen-bond donors (Lipinski definition) is 2. The minimum atomic E-state index is -0.635. The van der Waals surface area contributed by atoms with Gasteiger partial charge in [0.05, 0.1) is 5.41 Å². The number of rotatable bonds is 3. The summed E-state index contributed by atoms with van der Waals surface area (Å²) in [6, 6.07) is 0. The van der Waals surface area contributed by atoms with Crippen LogP contribution in [-0.4, -0.2) is 24.2 Å². The lowest BCUT2D eigenvalue weighted by atomic mass is 9.83. The molecule has 0 aliphatic carbocycles. The van der Waals surface area contributed by atoms with Crippen molar-refractivity contribution in [1.82, 2.24) is 5.32 Å². The van der Waals surface area contributed by atoms with E-state index in [1.54, 1.807) is 0 Å². The Kier molecular flexibility index (Phi) is 2.49. The highest BCUT2D eigenvalue weighted by Gasteiger charge is 2.40. The highest BCUT2D eigenvalue weighted by atomic mass is 16.4.